The summed E-state index contributed by atoms with van der Waals surface area (Å²) < 4.78 is 21.1. The number of carbonyl (C=O) groups excluding carboxylic acids is 2. The Balaban J connectivity index is 1.63. The quantitative estimate of drug-likeness (QED) is 0.686. The molecule has 10 heteroatoms. The van der Waals surface area contributed by atoms with Crippen LogP contribution < -0.4 is 14.2 Å². The van der Waals surface area contributed by atoms with E-state index in [4.69, 9.17) is 23.8 Å². The Bertz CT molecular complexity index is 794. The molecule has 0 bridgehead atoms. The number of ether oxygens (including phenoxy) is 4. The van der Waals surface area contributed by atoms with Gasteiger partial charge in [0.15, 0.2) is 11.5 Å². The van der Waals surface area contributed by atoms with E-state index < -0.39 is 6.10 Å². The first-order valence-electron chi connectivity index (χ1n) is 9.75. The molecule has 1 atom stereocenters. The second-order valence-electron chi connectivity index (χ2n) is 6.76. The molecule has 30 heavy (non-hydrogen) atoms. The summed E-state index contributed by atoms with van der Waals surface area (Å²) in [7, 11) is 4.61. The van der Waals surface area contributed by atoms with E-state index in [1.807, 2.05) is 0 Å². The average molecular weight is 421 g/mol. The first-order chi connectivity index (χ1) is 14.5. The van der Waals surface area contributed by atoms with E-state index in [0.717, 1.165) is 5.56 Å². The Morgan fingerprint density at radius 2 is 1.63 bits per heavy atom. The van der Waals surface area contributed by atoms with Gasteiger partial charge in [-0.1, -0.05) is 5.16 Å². The van der Waals surface area contributed by atoms with Crippen molar-refractivity contribution in [2.45, 2.75) is 19.4 Å². The van der Waals surface area contributed by atoms with Crippen molar-refractivity contribution in [1.82, 2.24) is 9.80 Å². The van der Waals surface area contributed by atoms with E-state index in [2.05, 4.69) is 5.16 Å². The zero-order valence-electron chi connectivity index (χ0n) is 17.7. The molecule has 0 spiro atoms. The van der Waals surface area contributed by atoms with Gasteiger partial charge in [-0.25, -0.2) is 4.79 Å². The molecule has 0 aliphatic carbocycles. The van der Waals surface area contributed by atoms with Crippen molar-refractivity contribution in [2.75, 3.05) is 54.1 Å². The molecule has 10 nitrogen and oxygen atoms in total. The van der Waals surface area contributed by atoms with Gasteiger partial charge in [-0.3, -0.25) is 4.79 Å². The topological polar surface area (TPSA) is 99.1 Å². The molecule has 0 aromatic heterocycles. The number of carbonyl (C=O) groups is 2. The number of piperazine rings is 1. The van der Waals surface area contributed by atoms with Crippen LogP contribution in [0.4, 0.5) is 4.79 Å². The number of benzene rings is 1. The molecule has 2 aliphatic heterocycles. The van der Waals surface area contributed by atoms with Crippen molar-refractivity contribution >= 4 is 17.7 Å². The number of methoxy groups -OCH3 is 3. The fourth-order valence-corrected chi connectivity index (χ4v) is 3.46. The van der Waals surface area contributed by atoms with Crippen molar-refractivity contribution < 1.29 is 33.4 Å². The highest BCUT2D eigenvalue weighted by molar-refractivity contribution is 6.05. The number of amides is 2. The number of hydrogen-bond acceptors (Lipinski definition) is 8. The van der Waals surface area contributed by atoms with Crippen molar-refractivity contribution in [1.29, 1.82) is 0 Å². The van der Waals surface area contributed by atoms with Gasteiger partial charge in [0.05, 0.1) is 33.6 Å². The van der Waals surface area contributed by atoms with Gasteiger partial charge < -0.3 is 33.6 Å². The third-order valence-corrected chi connectivity index (χ3v) is 5.06. The Labute approximate surface area is 175 Å². The van der Waals surface area contributed by atoms with E-state index in [0.29, 0.717) is 62.2 Å². The highest BCUT2D eigenvalue weighted by Crippen LogP contribution is 2.39. The summed E-state index contributed by atoms with van der Waals surface area (Å²) >= 11 is 0. The lowest BCUT2D eigenvalue weighted by molar-refractivity contribution is -0.143. The molecule has 0 radical (unpaired) electrons. The first-order valence-corrected chi connectivity index (χ1v) is 9.75. The number of hydrogen-bond donors (Lipinski definition) is 0. The van der Waals surface area contributed by atoms with Crippen LogP contribution in [0.1, 0.15) is 18.9 Å². The SMILES string of the molecule is CCOC(=O)N1CCN(C(=O)[C@H]2CC(c3cc(OC)c(OC)c(OC)c3)=NO2)CC1. The number of nitrogens with zero attached hydrogens (tertiary/aromatic N) is 3. The standard InChI is InChI=1S/C20H27N3O7/c1-5-29-20(25)23-8-6-22(7-9-23)19(24)17-12-14(21-30-17)13-10-15(26-2)18(28-4)16(11-13)27-3/h10-11,17H,5-9,12H2,1-4H3/t17-/m1/s1. The Hall–Kier alpha value is -3.17. The largest absolute Gasteiger partial charge is 0.493 e. The van der Waals surface area contributed by atoms with E-state index in [1.165, 1.54) is 21.3 Å². The summed E-state index contributed by atoms with van der Waals surface area (Å²) in [5, 5.41) is 4.11. The lowest BCUT2D eigenvalue weighted by Gasteiger charge is -2.34. The Morgan fingerprint density at radius 3 is 2.17 bits per heavy atom. The lowest BCUT2D eigenvalue weighted by Crippen LogP contribution is -2.53. The van der Waals surface area contributed by atoms with Crippen molar-refractivity contribution in [3.8, 4) is 17.2 Å². The molecular weight excluding hydrogens is 394 g/mol. The van der Waals surface area contributed by atoms with E-state index in [-0.39, 0.29) is 12.0 Å². The molecule has 1 saturated heterocycles. The Morgan fingerprint density at radius 1 is 1.03 bits per heavy atom. The zero-order valence-corrected chi connectivity index (χ0v) is 17.7. The van der Waals surface area contributed by atoms with Crippen LogP contribution in [0, 0.1) is 0 Å². The molecule has 0 saturated carbocycles. The smallest absolute Gasteiger partial charge is 0.409 e. The summed E-state index contributed by atoms with van der Waals surface area (Å²) in [6, 6.07) is 3.54. The maximum atomic E-state index is 12.8. The summed E-state index contributed by atoms with van der Waals surface area (Å²) in [4.78, 5) is 33.4. The highest BCUT2D eigenvalue weighted by Gasteiger charge is 2.35. The first kappa shape index (κ1) is 21.5. The van der Waals surface area contributed by atoms with E-state index in [1.54, 1.807) is 28.9 Å². The van der Waals surface area contributed by atoms with Gasteiger partial charge in [-0.15, -0.1) is 0 Å². The molecule has 1 aromatic carbocycles. The maximum Gasteiger partial charge on any atom is 0.409 e. The third kappa shape index (κ3) is 4.37. The van der Waals surface area contributed by atoms with Crippen LogP contribution >= 0.6 is 0 Å². The monoisotopic (exact) mass is 421 g/mol. The minimum absolute atomic E-state index is 0.148. The van der Waals surface area contributed by atoms with Gasteiger partial charge in [0.2, 0.25) is 11.9 Å². The van der Waals surface area contributed by atoms with Gasteiger partial charge in [0, 0.05) is 38.2 Å². The van der Waals surface area contributed by atoms with E-state index >= 15 is 0 Å². The highest BCUT2D eigenvalue weighted by atomic mass is 16.6. The van der Waals surface area contributed by atoms with E-state index in [9.17, 15) is 9.59 Å². The molecule has 0 N–H and O–H groups in total. The Kier molecular flexibility index (Phi) is 6.86. The molecule has 2 heterocycles. The molecule has 1 aromatic rings. The van der Waals surface area contributed by atoms with Crippen LogP contribution in [-0.4, -0.2) is 87.7 Å². The van der Waals surface area contributed by atoms with Crippen LogP contribution in [0.15, 0.2) is 17.3 Å². The van der Waals surface area contributed by atoms with Gasteiger partial charge in [0.25, 0.3) is 5.91 Å². The lowest BCUT2D eigenvalue weighted by atomic mass is 10.0. The zero-order chi connectivity index (χ0) is 21.7. The second-order valence-corrected chi connectivity index (χ2v) is 6.76. The summed E-state index contributed by atoms with van der Waals surface area (Å²) in [5.74, 6) is 1.33. The van der Waals surface area contributed by atoms with Crippen molar-refractivity contribution in [3.05, 3.63) is 17.7 Å². The normalized spacial score (nSPS) is 18.4. The van der Waals surface area contributed by atoms with Crippen LogP contribution in [0.25, 0.3) is 0 Å². The maximum absolute atomic E-state index is 12.8. The van der Waals surface area contributed by atoms with Gasteiger partial charge in [-0.05, 0) is 19.1 Å². The van der Waals surface area contributed by atoms with Crippen LogP contribution in [0.3, 0.4) is 0 Å². The van der Waals surface area contributed by atoms with Crippen molar-refractivity contribution in [2.24, 2.45) is 5.16 Å². The summed E-state index contributed by atoms with van der Waals surface area (Å²) in [6.07, 6.45) is -0.724. The molecule has 2 aliphatic rings. The van der Waals surface area contributed by atoms with Gasteiger partial charge >= 0.3 is 6.09 Å². The van der Waals surface area contributed by atoms with Crippen LogP contribution in [-0.2, 0) is 14.4 Å². The number of rotatable bonds is 6. The predicted molar refractivity (Wildman–Crippen MR) is 107 cm³/mol. The second kappa shape index (κ2) is 9.55. The van der Waals surface area contributed by atoms with Crippen LogP contribution in [0.2, 0.25) is 0 Å². The minimum Gasteiger partial charge on any atom is -0.493 e. The molecule has 3 rings (SSSR count). The average Bonchev–Trinajstić information content (AvgIpc) is 3.28. The predicted octanol–water partition coefficient (Wildman–Crippen LogP) is 1.51. The summed E-state index contributed by atoms with van der Waals surface area (Å²) in [6.45, 7) is 3.81. The van der Waals surface area contributed by atoms with Crippen molar-refractivity contribution in [3.63, 3.8) is 0 Å². The van der Waals surface area contributed by atoms with Crippen LogP contribution in [0.5, 0.6) is 17.2 Å². The molecule has 1 fully saturated rings. The molecule has 2 amide bonds. The molecular formula is C20H27N3O7. The third-order valence-electron chi connectivity index (χ3n) is 5.06. The van der Waals surface area contributed by atoms with Gasteiger partial charge in [-0.2, -0.15) is 0 Å². The molecule has 0 unspecified atom stereocenters. The molecule has 164 valence electrons. The summed E-state index contributed by atoms with van der Waals surface area (Å²) in [5.41, 5.74) is 1.35. The van der Waals surface area contributed by atoms with Gasteiger partial charge in [0.1, 0.15) is 0 Å². The fraction of sp³-hybridized carbons (Fsp3) is 0.550. The number of oxime groups is 1. The fourth-order valence-electron chi connectivity index (χ4n) is 3.46. The minimum atomic E-state index is -0.701.